The topological polar surface area (TPSA) is 29.5 Å². The van der Waals surface area contributed by atoms with Gasteiger partial charge in [-0.1, -0.05) is 54.1 Å². The van der Waals surface area contributed by atoms with Crippen LogP contribution in [0.2, 0.25) is 5.02 Å². The second kappa shape index (κ2) is 8.07. The molecule has 4 rings (SSSR count). The lowest BCUT2D eigenvalue weighted by Crippen LogP contribution is -2.30. The van der Waals surface area contributed by atoms with E-state index in [-0.39, 0.29) is 11.3 Å². The lowest BCUT2D eigenvalue weighted by atomic mass is 10.1. The van der Waals surface area contributed by atoms with E-state index in [9.17, 15) is 4.79 Å². The van der Waals surface area contributed by atoms with Gasteiger partial charge in [0, 0.05) is 17.3 Å². The standard InChI is InChI=1S/C22H18ClNO2S/c23-17-12-10-16(11-13-17)22-24(14-15-27-22)21(25)19-8-4-5-9-20(19)26-18-6-2-1-3-7-18/h1-13,22H,14-15H2. The summed E-state index contributed by atoms with van der Waals surface area (Å²) in [4.78, 5) is 15.2. The number of nitrogens with zero attached hydrogens (tertiary/aromatic N) is 1. The van der Waals surface area contributed by atoms with Crippen molar-refractivity contribution in [1.29, 1.82) is 0 Å². The highest BCUT2D eigenvalue weighted by atomic mass is 35.5. The Balaban J connectivity index is 1.61. The van der Waals surface area contributed by atoms with Crippen LogP contribution in [0.15, 0.2) is 78.9 Å². The molecule has 3 aromatic carbocycles. The third-order valence-corrected chi connectivity index (χ3v) is 5.91. The van der Waals surface area contributed by atoms with Crippen LogP contribution in [0.25, 0.3) is 0 Å². The summed E-state index contributed by atoms with van der Waals surface area (Å²) in [6.45, 7) is 0.705. The fourth-order valence-corrected chi connectivity index (χ4v) is 4.47. The molecule has 0 radical (unpaired) electrons. The summed E-state index contributed by atoms with van der Waals surface area (Å²) in [5.41, 5.74) is 1.65. The van der Waals surface area contributed by atoms with Crippen molar-refractivity contribution in [1.82, 2.24) is 4.90 Å². The highest BCUT2D eigenvalue weighted by molar-refractivity contribution is 7.99. The highest BCUT2D eigenvalue weighted by Gasteiger charge is 2.32. The Labute approximate surface area is 167 Å². The maximum atomic E-state index is 13.3. The second-order valence-corrected chi connectivity index (χ2v) is 7.81. The minimum atomic E-state index is -0.0218. The first kappa shape index (κ1) is 18.0. The van der Waals surface area contributed by atoms with Gasteiger partial charge >= 0.3 is 0 Å². The molecule has 1 fully saturated rings. The van der Waals surface area contributed by atoms with Gasteiger partial charge in [0.1, 0.15) is 16.9 Å². The number of amides is 1. The summed E-state index contributed by atoms with van der Waals surface area (Å²) >= 11 is 7.77. The van der Waals surface area contributed by atoms with Gasteiger partial charge in [-0.2, -0.15) is 0 Å². The summed E-state index contributed by atoms with van der Waals surface area (Å²) in [7, 11) is 0. The molecule has 5 heteroatoms. The average Bonchev–Trinajstić information content (AvgIpc) is 3.19. The summed E-state index contributed by atoms with van der Waals surface area (Å²) in [6, 6.07) is 24.6. The van der Waals surface area contributed by atoms with E-state index in [1.54, 1.807) is 11.8 Å². The molecule has 0 spiro atoms. The minimum absolute atomic E-state index is 0.0143. The molecule has 1 atom stereocenters. The number of halogens is 1. The van der Waals surface area contributed by atoms with Crippen molar-refractivity contribution in [3.63, 3.8) is 0 Å². The van der Waals surface area contributed by atoms with E-state index >= 15 is 0 Å². The molecule has 3 aromatic rings. The molecule has 0 saturated carbocycles. The summed E-state index contributed by atoms with van der Waals surface area (Å²) in [6.07, 6.45) is 0. The maximum Gasteiger partial charge on any atom is 0.258 e. The lowest BCUT2D eigenvalue weighted by molar-refractivity contribution is 0.0757. The molecule has 3 nitrogen and oxygen atoms in total. The van der Waals surface area contributed by atoms with Crippen molar-refractivity contribution in [2.75, 3.05) is 12.3 Å². The number of hydrogen-bond acceptors (Lipinski definition) is 3. The fraction of sp³-hybridized carbons (Fsp3) is 0.136. The zero-order valence-corrected chi connectivity index (χ0v) is 16.1. The van der Waals surface area contributed by atoms with E-state index in [2.05, 4.69) is 0 Å². The molecule has 1 unspecified atom stereocenters. The quantitative estimate of drug-likeness (QED) is 0.541. The molecular formula is C22H18ClNO2S. The molecule has 1 heterocycles. The van der Waals surface area contributed by atoms with Crippen LogP contribution in [-0.2, 0) is 0 Å². The largest absolute Gasteiger partial charge is 0.457 e. The Bertz CT molecular complexity index is 931. The van der Waals surface area contributed by atoms with Crippen LogP contribution in [0.1, 0.15) is 21.3 Å². The molecule has 0 aromatic heterocycles. The van der Waals surface area contributed by atoms with Gasteiger partial charge < -0.3 is 9.64 Å². The molecule has 0 aliphatic carbocycles. The number of carbonyl (C=O) groups is 1. The Morgan fingerprint density at radius 1 is 0.963 bits per heavy atom. The van der Waals surface area contributed by atoms with Crippen molar-refractivity contribution in [2.24, 2.45) is 0 Å². The van der Waals surface area contributed by atoms with Gasteiger partial charge in [-0.05, 0) is 42.0 Å². The van der Waals surface area contributed by atoms with E-state index < -0.39 is 0 Å². The predicted molar refractivity (Wildman–Crippen MR) is 111 cm³/mol. The number of carbonyl (C=O) groups excluding carboxylic acids is 1. The first-order chi connectivity index (χ1) is 13.2. The molecule has 1 aliphatic rings. The number of ether oxygens (including phenoxy) is 1. The van der Waals surface area contributed by atoms with Gasteiger partial charge in [-0.25, -0.2) is 0 Å². The molecular weight excluding hydrogens is 378 g/mol. The normalized spacial score (nSPS) is 16.3. The Kier molecular flexibility index (Phi) is 5.37. The zero-order valence-electron chi connectivity index (χ0n) is 14.5. The van der Waals surface area contributed by atoms with Crippen molar-refractivity contribution in [3.8, 4) is 11.5 Å². The number of rotatable bonds is 4. The van der Waals surface area contributed by atoms with E-state index in [1.165, 1.54) is 0 Å². The molecule has 136 valence electrons. The van der Waals surface area contributed by atoms with Gasteiger partial charge in [0.25, 0.3) is 5.91 Å². The predicted octanol–water partition coefficient (Wildman–Crippen LogP) is 6.02. The van der Waals surface area contributed by atoms with Crippen LogP contribution in [0.4, 0.5) is 0 Å². The van der Waals surface area contributed by atoms with Crippen LogP contribution >= 0.6 is 23.4 Å². The van der Waals surface area contributed by atoms with Crippen molar-refractivity contribution < 1.29 is 9.53 Å². The zero-order chi connectivity index (χ0) is 18.6. The number of para-hydroxylation sites is 2. The SMILES string of the molecule is O=C(c1ccccc1Oc1ccccc1)N1CCSC1c1ccc(Cl)cc1. The number of benzene rings is 3. The summed E-state index contributed by atoms with van der Waals surface area (Å²) in [5.74, 6) is 2.16. The van der Waals surface area contributed by atoms with Crippen molar-refractivity contribution in [3.05, 3.63) is 95.0 Å². The van der Waals surface area contributed by atoms with E-state index in [0.717, 1.165) is 11.3 Å². The van der Waals surface area contributed by atoms with Crippen molar-refractivity contribution in [2.45, 2.75) is 5.37 Å². The summed E-state index contributed by atoms with van der Waals surface area (Å²) < 4.78 is 5.98. The molecule has 0 bridgehead atoms. The van der Waals surface area contributed by atoms with Gasteiger partial charge in [0.05, 0.1) is 5.56 Å². The molecule has 1 amide bonds. The summed E-state index contributed by atoms with van der Waals surface area (Å²) in [5, 5.41) is 0.681. The van der Waals surface area contributed by atoms with E-state index in [4.69, 9.17) is 16.3 Å². The number of hydrogen-bond donors (Lipinski definition) is 0. The molecule has 0 N–H and O–H groups in total. The lowest BCUT2D eigenvalue weighted by Gasteiger charge is -2.25. The molecule has 1 aliphatic heterocycles. The first-order valence-electron chi connectivity index (χ1n) is 8.72. The van der Waals surface area contributed by atoms with Crippen LogP contribution in [0.5, 0.6) is 11.5 Å². The second-order valence-electron chi connectivity index (χ2n) is 6.18. The van der Waals surface area contributed by atoms with Gasteiger partial charge in [-0.15, -0.1) is 11.8 Å². The maximum absolute atomic E-state index is 13.3. The monoisotopic (exact) mass is 395 g/mol. The smallest absolute Gasteiger partial charge is 0.258 e. The highest BCUT2D eigenvalue weighted by Crippen LogP contribution is 2.40. The first-order valence-corrected chi connectivity index (χ1v) is 10.1. The third kappa shape index (κ3) is 3.97. The van der Waals surface area contributed by atoms with Crippen LogP contribution in [0, 0.1) is 0 Å². The van der Waals surface area contributed by atoms with E-state index in [0.29, 0.717) is 28.6 Å². The van der Waals surface area contributed by atoms with E-state index in [1.807, 2.05) is 83.8 Å². The van der Waals surface area contributed by atoms with Crippen LogP contribution in [0.3, 0.4) is 0 Å². The third-order valence-electron chi connectivity index (χ3n) is 4.40. The fourth-order valence-electron chi connectivity index (χ4n) is 3.08. The Hall–Kier alpha value is -2.43. The average molecular weight is 396 g/mol. The molecule has 27 heavy (non-hydrogen) atoms. The molecule has 1 saturated heterocycles. The van der Waals surface area contributed by atoms with Gasteiger partial charge in [0.15, 0.2) is 0 Å². The van der Waals surface area contributed by atoms with Crippen molar-refractivity contribution >= 4 is 29.3 Å². The van der Waals surface area contributed by atoms with Crippen LogP contribution in [-0.4, -0.2) is 23.1 Å². The number of thioether (sulfide) groups is 1. The Morgan fingerprint density at radius 2 is 1.67 bits per heavy atom. The van der Waals surface area contributed by atoms with Crippen LogP contribution < -0.4 is 4.74 Å². The van der Waals surface area contributed by atoms with Gasteiger partial charge in [0.2, 0.25) is 0 Å². The minimum Gasteiger partial charge on any atom is -0.457 e. The van der Waals surface area contributed by atoms with Gasteiger partial charge in [-0.3, -0.25) is 4.79 Å². The Morgan fingerprint density at radius 3 is 2.44 bits per heavy atom.